The molecule has 0 saturated heterocycles. The molecule has 0 aliphatic carbocycles. The minimum atomic E-state index is -0.892. The molecule has 3 rings (SSSR count). The second kappa shape index (κ2) is 7.49. The molecule has 1 N–H and O–H groups in total. The lowest BCUT2D eigenvalue weighted by Crippen LogP contribution is -2.20. The summed E-state index contributed by atoms with van der Waals surface area (Å²) >= 11 is 6.01. The summed E-state index contributed by atoms with van der Waals surface area (Å²) in [5.74, 6) is -0.608. The van der Waals surface area contributed by atoms with Crippen LogP contribution in [0.15, 0.2) is 59.5 Å². The first-order chi connectivity index (χ1) is 12.1. The molecule has 0 aliphatic rings. The predicted molar refractivity (Wildman–Crippen MR) is 98.1 cm³/mol. The van der Waals surface area contributed by atoms with Gasteiger partial charge in [0.15, 0.2) is 0 Å². The molecule has 1 aromatic heterocycles. The van der Waals surface area contributed by atoms with Crippen LogP contribution >= 0.6 is 11.6 Å². The third-order valence-electron chi connectivity index (χ3n) is 3.84. The second-order valence-corrected chi connectivity index (χ2v) is 6.05. The van der Waals surface area contributed by atoms with Gasteiger partial charge in [0.1, 0.15) is 0 Å². The molecule has 0 atom stereocenters. The van der Waals surface area contributed by atoms with E-state index in [1.165, 1.54) is 0 Å². The van der Waals surface area contributed by atoms with Crippen LogP contribution in [0.2, 0.25) is 5.02 Å². The first-order valence-corrected chi connectivity index (χ1v) is 8.31. The molecule has 2 aromatic carbocycles. The molecule has 4 nitrogen and oxygen atoms in total. The van der Waals surface area contributed by atoms with Gasteiger partial charge in [-0.05, 0) is 35.7 Å². The normalized spacial score (nSPS) is 10.7. The zero-order chi connectivity index (χ0) is 17.8. The van der Waals surface area contributed by atoms with Crippen molar-refractivity contribution in [1.29, 1.82) is 0 Å². The Bertz CT molecular complexity index is 955. The van der Waals surface area contributed by atoms with E-state index in [0.717, 1.165) is 29.4 Å². The van der Waals surface area contributed by atoms with Gasteiger partial charge in [-0.3, -0.25) is 4.79 Å². The number of hydrogen-bond acceptors (Lipinski definition) is 3. The Morgan fingerprint density at radius 1 is 1.20 bits per heavy atom. The molecule has 0 radical (unpaired) electrons. The largest absolute Gasteiger partial charge is 0.325 e. The molecular weight excluding hydrogens is 341 g/mol. The minimum Gasteiger partial charge on any atom is -0.325 e. The monoisotopic (exact) mass is 357 g/mol. The molecule has 0 saturated carbocycles. The van der Waals surface area contributed by atoms with Crippen molar-refractivity contribution in [2.45, 2.75) is 19.9 Å². The molecule has 3 aromatic rings. The Morgan fingerprint density at radius 2 is 2.00 bits per heavy atom. The summed E-state index contributed by atoms with van der Waals surface area (Å²) in [5, 5.41) is 3.74. The van der Waals surface area contributed by atoms with E-state index in [2.05, 4.69) is 10.3 Å². The molecule has 0 spiro atoms. The maximum Gasteiger partial charge on any atom is 0.310 e. The van der Waals surface area contributed by atoms with Crippen LogP contribution < -0.4 is 10.9 Å². The fourth-order valence-corrected chi connectivity index (χ4v) is 2.80. The second-order valence-electron chi connectivity index (χ2n) is 5.61. The topological polar surface area (TPSA) is 46.9 Å². The lowest BCUT2D eigenvalue weighted by Gasteiger charge is -2.16. The van der Waals surface area contributed by atoms with Crippen molar-refractivity contribution in [3.8, 4) is 0 Å². The lowest BCUT2D eigenvalue weighted by molar-refractivity contribution is 0.579. The van der Waals surface area contributed by atoms with E-state index in [4.69, 9.17) is 11.6 Å². The Kier molecular flexibility index (Phi) is 5.14. The van der Waals surface area contributed by atoms with E-state index >= 15 is 0 Å². The molecule has 6 heteroatoms. The van der Waals surface area contributed by atoms with E-state index in [9.17, 15) is 9.18 Å². The van der Waals surface area contributed by atoms with Crippen LogP contribution in [0.4, 0.5) is 16.0 Å². The number of benzene rings is 2. The number of anilines is 2. The van der Waals surface area contributed by atoms with Crippen molar-refractivity contribution in [1.82, 2.24) is 9.55 Å². The van der Waals surface area contributed by atoms with E-state index < -0.39 is 11.4 Å². The van der Waals surface area contributed by atoms with Gasteiger partial charge in [0.2, 0.25) is 11.8 Å². The molecule has 0 amide bonds. The lowest BCUT2D eigenvalue weighted by atomic mass is 10.1. The molecule has 128 valence electrons. The average Bonchev–Trinajstić information content (AvgIpc) is 2.60. The molecule has 0 bridgehead atoms. The number of nitrogens with zero attached hydrogens (tertiary/aromatic N) is 2. The fourth-order valence-electron chi connectivity index (χ4n) is 2.59. The van der Waals surface area contributed by atoms with Crippen LogP contribution in [-0.2, 0) is 13.0 Å². The zero-order valence-corrected chi connectivity index (χ0v) is 14.4. The smallest absolute Gasteiger partial charge is 0.310 e. The van der Waals surface area contributed by atoms with Gasteiger partial charge in [-0.15, -0.1) is 0 Å². The highest BCUT2D eigenvalue weighted by molar-refractivity contribution is 6.30. The van der Waals surface area contributed by atoms with Crippen LogP contribution in [-0.4, -0.2) is 9.55 Å². The summed E-state index contributed by atoms with van der Waals surface area (Å²) in [6.45, 7) is 2.37. The van der Waals surface area contributed by atoms with Gasteiger partial charge in [-0.25, -0.2) is 0 Å². The van der Waals surface area contributed by atoms with Gasteiger partial charge in [0.05, 0.1) is 6.54 Å². The minimum absolute atomic E-state index is 0.285. The summed E-state index contributed by atoms with van der Waals surface area (Å²) in [6, 6.07) is 15.0. The Balaban J connectivity index is 2.00. The van der Waals surface area contributed by atoms with Gasteiger partial charge in [0, 0.05) is 16.9 Å². The van der Waals surface area contributed by atoms with Crippen molar-refractivity contribution in [2.24, 2.45) is 0 Å². The van der Waals surface area contributed by atoms with Gasteiger partial charge in [-0.1, -0.05) is 48.9 Å². The molecule has 0 aliphatic heterocycles. The fraction of sp³-hybridized carbons (Fsp3) is 0.158. The summed E-state index contributed by atoms with van der Waals surface area (Å²) in [7, 11) is 0. The van der Waals surface area contributed by atoms with E-state index in [0.29, 0.717) is 11.6 Å². The first-order valence-electron chi connectivity index (χ1n) is 7.93. The number of para-hydroxylation sites is 1. The van der Waals surface area contributed by atoms with Crippen LogP contribution in [0.3, 0.4) is 0 Å². The van der Waals surface area contributed by atoms with Gasteiger partial charge in [0.25, 0.3) is 0 Å². The van der Waals surface area contributed by atoms with Gasteiger partial charge >= 0.3 is 5.56 Å². The molecule has 0 fully saturated rings. The summed E-state index contributed by atoms with van der Waals surface area (Å²) in [6.07, 6.45) is 1.98. The van der Waals surface area contributed by atoms with Crippen molar-refractivity contribution in [2.75, 3.05) is 5.32 Å². The first kappa shape index (κ1) is 17.2. The Morgan fingerprint density at radius 3 is 2.76 bits per heavy atom. The van der Waals surface area contributed by atoms with Crippen LogP contribution in [0.5, 0.6) is 0 Å². The van der Waals surface area contributed by atoms with Crippen molar-refractivity contribution in [3.63, 3.8) is 0 Å². The summed E-state index contributed by atoms with van der Waals surface area (Å²) < 4.78 is 15.3. The SMILES string of the molecule is CCc1ccccc1Nc1nc(=O)c(F)cn1Cc1cccc(Cl)c1. The maximum absolute atomic E-state index is 13.8. The van der Waals surface area contributed by atoms with Crippen molar-refractivity contribution in [3.05, 3.63) is 87.0 Å². The maximum atomic E-state index is 13.8. The number of aromatic nitrogens is 2. The molecule has 0 unspecified atom stereocenters. The van der Waals surface area contributed by atoms with Crippen LogP contribution in [0.1, 0.15) is 18.1 Å². The van der Waals surface area contributed by atoms with E-state index in [1.54, 1.807) is 16.7 Å². The van der Waals surface area contributed by atoms with Crippen molar-refractivity contribution < 1.29 is 4.39 Å². The third kappa shape index (κ3) is 4.06. The Hall–Kier alpha value is -2.66. The summed E-state index contributed by atoms with van der Waals surface area (Å²) in [5.41, 5.74) is 1.90. The highest BCUT2D eigenvalue weighted by atomic mass is 35.5. The summed E-state index contributed by atoms with van der Waals surface area (Å²) in [4.78, 5) is 15.5. The number of aryl methyl sites for hydroxylation is 1. The Labute approximate surface area is 149 Å². The number of nitrogens with one attached hydrogen (secondary N) is 1. The number of rotatable bonds is 5. The molecule has 25 heavy (non-hydrogen) atoms. The third-order valence-corrected chi connectivity index (χ3v) is 4.07. The van der Waals surface area contributed by atoms with Crippen LogP contribution in [0.25, 0.3) is 0 Å². The average molecular weight is 358 g/mol. The van der Waals surface area contributed by atoms with Crippen molar-refractivity contribution >= 4 is 23.2 Å². The number of halogens is 2. The predicted octanol–water partition coefficient (Wildman–Crippen LogP) is 4.39. The van der Waals surface area contributed by atoms with Gasteiger partial charge in [-0.2, -0.15) is 9.37 Å². The zero-order valence-electron chi connectivity index (χ0n) is 13.7. The highest BCUT2D eigenvalue weighted by Crippen LogP contribution is 2.21. The van der Waals surface area contributed by atoms with Gasteiger partial charge < -0.3 is 9.88 Å². The standard InChI is InChI=1S/C19H17ClFN3O/c1-2-14-7-3-4-9-17(14)22-19-23-18(25)16(21)12-24(19)11-13-6-5-8-15(20)10-13/h3-10,12H,2,11H2,1H3,(H,22,23,25). The molecular formula is C19H17ClFN3O. The number of hydrogen-bond donors (Lipinski definition) is 1. The highest BCUT2D eigenvalue weighted by Gasteiger charge is 2.11. The van der Waals surface area contributed by atoms with Crippen LogP contribution in [0, 0.1) is 5.82 Å². The quantitative estimate of drug-likeness (QED) is 0.736. The van der Waals surface area contributed by atoms with E-state index in [1.807, 2.05) is 43.3 Å². The molecule has 1 heterocycles. The van der Waals surface area contributed by atoms with E-state index in [-0.39, 0.29) is 5.95 Å².